The fraction of sp³-hybridized carbons (Fsp3) is 0.286. The van der Waals surface area contributed by atoms with Gasteiger partial charge < -0.3 is 9.47 Å². The zero-order valence-corrected chi connectivity index (χ0v) is 10.6. The first-order chi connectivity index (χ1) is 8.54. The highest BCUT2D eigenvalue weighted by Gasteiger charge is 2.05. The fourth-order valence-electron chi connectivity index (χ4n) is 1.31. The molecule has 0 heterocycles. The minimum absolute atomic E-state index is 0.295. The van der Waals surface area contributed by atoms with Gasteiger partial charge >= 0.3 is 11.9 Å². The van der Waals surface area contributed by atoms with Gasteiger partial charge in [-0.05, 0) is 24.6 Å². The van der Waals surface area contributed by atoms with Crippen molar-refractivity contribution in [2.75, 3.05) is 13.7 Å². The second kappa shape index (κ2) is 6.59. The molecule has 0 N–H and O–H groups in total. The number of esters is 2. The lowest BCUT2D eigenvalue weighted by Gasteiger charge is -2.05. The molecule has 1 rings (SSSR count). The second-order valence-corrected chi connectivity index (χ2v) is 3.85. The topological polar surface area (TPSA) is 52.6 Å². The molecule has 18 heavy (non-hydrogen) atoms. The van der Waals surface area contributed by atoms with Crippen LogP contribution in [0.3, 0.4) is 0 Å². The SMILES string of the molecule is C=C(C)C(=O)OCCc1ccc(C(=O)OC)cc1. The molecule has 0 aliphatic carbocycles. The van der Waals surface area contributed by atoms with Crippen LogP contribution in [0.25, 0.3) is 0 Å². The third-order valence-electron chi connectivity index (χ3n) is 2.35. The maximum absolute atomic E-state index is 11.2. The Morgan fingerprint density at radius 3 is 2.33 bits per heavy atom. The van der Waals surface area contributed by atoms with E-state index in [0.29, 0.717) is 24.2 Å². The number of hydrogen-bond donors (Lipinski definition) is 0. The van der Waals surface area contributed by atoms with Gasteiger partial charge in [-0.15, -0.1) is 0 Å². The van der Waals surface area contributed by atoms with E-state index in [-0.39, 0.29) is 11.9 Å². The molecule has 0 radical (unpaired) electrons. The van der Waals surface area contributed by atoms with Gasteiger partial charge in [-0.25, -0.2) is 9.59 Å². The number of rotatable bonds is 5. The lowest BCUT2D eigenvalue weighted by atomic mass is 10.1. The van der Waals surface area contributed by atoms with Crippen LogP contribution < -0.4 is 0 Å². The highest BCUT2D eigenvalue weighted by atomic mass is 16.5. The number of benzene rings is 1. The molecule has 0 aliphatic rings. The lowest BCUT2D eigenvalue weighted by molar-refractivity contribution is -0.138. The average Bonchev–Trinajstić information content (AvgIpc) is 2.38. The van der Waals surface area contributed by atoms with Crippen molar-refractivity contribution in [3.8, 4) is 0 Å². The van der Waals surface area contributed by atoms with Crippen LogP contribution in [-0.4, -0.2) is 25.7 Å². The summed E-state index contributed by atoms with van der Waals surface area (Å²) in [5, 5.41) is 0. The maximum atomic E-state index is 11.2. The first kappa shape index (κ1) is 14.0. The molecular weight excluding hydrogens is 232 g/mol. The molecule has 0 aliphatic heterocycles. The highest BCUT2D eigenvalue weighted by molar-refractivity contribution is 5.89. The van der Waals surface area contributed by atoms with Crippen LogP contribution >= 0.6 is 0 Å². The maximum Gasteiger partial charge on any atom is 0.337 e. The normalized spacial score (nSPS) is 9.67. The summed E-state index contributed by atoms with van der Waals surface area (Å²) in [5.74, 6) is -0.753. The van der Waals surface area contributed by atoms with E-state index >= 15 is 0 Å². The van der Waals surface area contributed by atoms with Crippen molar-refractivity contribution >= 4 is 11.9 Å². The van der Waals surface area contributed by atoms with Gasteiger partial charge in [0.1, 0.15) is 0 Å². The van der Waals surface area contributed by atoms with Crippen molar-refractivity contribution < 1.29 is 19.1 Å². The molecule has 0 saturated carbocycles. The Balaban J connectivity index is 2.47. The lowest BCUT2D eigenvalue weighted by Crippen LogP contribution is -2.08. The van der Waals surface area contributed by atoms with Gasteiger partial charge in [0.2, 0.25) is 0 Å². The molecule has 0 saturated heterocycles. The summed E-state index contributed by atoms with van der Waals surface area (Å²) >= 11 is 0. The fourth-order valence-corrected chi connectivity index (χ4v) is 1.31. The minimum Gasteiger partial charge on any atom is -0.465 e. The molecular formula is C14H16O4. The molecule has 0 unspecified atom stereocenters. The van der Waals surface area contributed by atoms with Gasteiger partial charge in [0.25, 0.3) is 0 Å². The van der Waals surface area contributed by atoms with Gasteiger partial charge in [0.15, 0.2) is 0 Å². The number of carbonyl (C=O) groups excluding carboxylic acids is 2. The molecule has 0 fully saturated rings. The Morgan fingerprint density at radius 1 is 1.22 bits per heavy atom. The molecule has 1 aromatic carbocycles. The molecule has 4 heteroatoms. The molecule has 0 atom stereocenters. The monoisotopic (exact) mass is 248 g/mol. The summed E-state index contributed by atoms with van der Waals surface area (Å²) in [6.07, 6.45) is 0.598. The van der Waals surface area contributed by atoms with E-state index in [0.717, 1.165) is 5.56 Å². The van der Waals surface area contributed by atoms with Crippen molar-refractivity contribution in [3.63, 3.8) is 0 Å². The van der Waals surface area contributed by atoms with E-state index in [1.54, 1.807) is 31.2 Å². The molecule has 0 bridgehead atoms. The molecule has 0 spiro atoms. The molecule has 4 nitrogen and oxygen atoms in total. The Hall–Kier alpha value is -2.10. The third kappa shape index (κ3) is 4.05. The smallest absolute Gasteiger partial charge is 0.337 e. The summed E-state index contributed by atoms with van der Waals surface area (Å²) in [7, 11) is 1.34. The summed E-state index contributed by atoms with van der Waals surface area (Å²) < 4.78 is 9.57. The van der Waals surface area contributed by atoms with E-state index < -0.39 is 0 Å². The molecule has 0 amide bonds. The van der Waals surface area contributed by atoms with Crippen molar-refractivity contribution in [3.05, 3.63) is 47.5 Å². The number of hydrogen-bond acceptors (Lipinski definition) is 4. The molecule has 96 valence electrons. The van der Waals surface area contributed by atoms with Gasteiger partial charge in [0, 0.05) is 12.0 Å². The predicted molar refractivity (Wildman–Crippen MR) is 67.3 cm³/mol. The Kier molecular flexibility index (Phi) is 5.11. The summed E-state index contributed by atoms with van der Waals surface area (Å²) in [6.45, 7) is 5.39. The number of ether oxygens (including phenoxy) is 2. The summed E-state index contributed by atoms with van der Waals surface area (Å²) in [4.78, 5) is 22.3. The van der Waals surface area contributed by atoms with Gasteiger partial charge in [-0.1, -0.05) is 18.7 Å². The van der Waals surface area contributed by atoms with E-state index in [1.165, 1.54) is 7.11 Å². The van der Waals surface area contributed by atoms with Crippen LogP contribution in [0, 0.1) is 0 Å². The first-order valence-electron chi connectivity index (χ1n) is 5.54. The van der Waals surface area contributed by atoms with Crippen molar-refractivity contribution in [2.45, 2.75) is 13.3 Å². The van der Waals surface area contributed by atoms with E-state index in [1.807, 2.05) is 0 Å². The Bertz CT molecular complexity index is 445. The van der Waals surface area contributed by atoms with Gasteiger partial charge in [0.05, 0.1) is 19.3 Å². The summed E-state index contributed by atoms with van der Waals surface area (Å²) in [6, 6.07) is 6.98. The molecule has 1 aromatic rings. The van der Waals surface area contributed by atoms with Crippen molar-refractivity contribution in [2.24, 2.45) is 0 Å². The third-order valence-corrected chi connectivity index (χ3v) is 2.35. The Morgan fingerprint density at radius 2 is 1.83 bits per heavy atom. The van der Waals surface area contributed by atoms with E-state index in [9.17, 15) is 9.59 Å². The zero-order chi connectivity index (χ0) is 13.5. The second-order valence-electron chi connectivity index (χ2n) is 3.85. The Labute approximate surface area is 106 Å². The number of carbonyl (C=O) groups is 2. The standard InChI is InChI=1S/C14H16O4/c1-10(2)13(15)18-9-8-11-4-6-12(7-5-11)14(16)17-3/h4-7H,1,8-9H2,2-3H3. The van der Waals surface area contributed by atoms with Crippen LogP contribution in [-0.2, 0) is 20.7 Å². The summed E-state index contributed by atoms with van der Waals surface area (Å²) in [5.41, 5.74) is 1.87. The molecule has 0 aromatic heterocycles. The van der Waals surface area contributed by atoms with Crippen LogP contribution in [0.15, 0.2) is 36.4 Å². The van der Waals surface area contributed by atoms with Crippen LogP contribution in [0.2, 0.25) is 0 Å². The van der Waals surface area contributed by atoms with E-state index in [2.05, 4.69) is 11.3 Å². The van der Waals surface area contributed by atoms with Gasteiger partial charge in [-0.2, -0.15) is 0 Å². The van der Waals surface area contributed by atoms with Crippen LogP contribution in [0.1, 0.15) is 22.8 Å². The van der Waals surface area contributed by atoms with Crippen LogP contribution in [0.5, 0.6) is 0 Å². The van der Waals surface area contributed by atoms with Crippen molar-refractivity contribution in [1.29, 1.82) is 0 Å². The predicted octanol–water partition coefficient (Wildman–Crippen LogP) is 2.13. The highest BCUT2D eigenvalue weighted by Crippen LogP contribution is 2.07. The van der Waals surface area contributed by atoms with Crippen LogP contribution in [0.4, 0.5) is 0 Å². The largest absolute Gasteiger partial charge is 0.465 e. The van der Waals surface area contributed by atoms with Gasteiger partial charge in [-0.3, -0.25) is 0 Å². The minimum atomic E-state index is -0.388. The van der Waals surface area contributed by atoms with Crippen molar-refractivity contribution in [1.82, 2.24) is 0 Å². The first-order valence-corrected chi connectivity index (χ1v) is 5.54. The van der Waals surface area contributed by atoms with E-state index in [4.69, 9.17) is 4.74 Å². The quantitative estimate of drug-likeness (QED) is 0.591. The number of methoxy groups -OCH3 is 1. The zero-order valence-electron chi connectivity index (χ0n) is 10.6. The average molecular weight is 248 g/mol.